The van der Waals surface area contributed by atoms with Crippen LogP contribution in [0.4, 0.5) is 0 Å². The Bertz CT molecular complexity index is 203. The minimum absolute atomic E-state index is 0.354. The minimum atomic E-state index is 0.354. The summed E-state index contributed by atoms with van der Waals surface area (Å²) in [5.41, 5.74) is 3.30. The molecule has 1 atom stereocenters. The van der Waals surface area contributed by atoms with Crippen LogP contribution in [-0.2, 0) is 4.79 Å². The highest BCUT2D eigenvalue weighted by atomic mass is 16.1. The summed E-state index contributed by atoms with van der Waals surface area (Å²) in [6.45, 7) is 0. The number of carbonyl (C=O) groups excluding carboxylic acids is 1. The maximum absolute atomic E-state index is 10.5. The van der Waals surface area contributed by atoms with Gasteiger partial charge in [-0.15, -0.1) is 0 Å². The van der Waals surface area contributed by atoms with Gasteiger partial charge in [0.15, 0.2) is 0 Å². The summed E-state index contributed by atoms with van der Waals surface area (Å²) in [4.78, 5) is 10.5. The molecular weight excluding hydrogens is 136 g/mol. The van der Waals surface area contributed by atoms with Gasteiger partial charge < -0.3 is 4.79 Å². The number of rotatable bonds is 1. The van der Waals surface area contributed by atoms with Gasteiger partial charge in [0.2, 0.25) is 0 Å². The molecule has 1 nitrogen and oxygen atoms in total. The van der Waals surface area contributed by atoms with Crippen LogP contribution in [0.2, 0.25) is 0 Å². The molecule has 0 spiro atoms. The molecule has 11 heavy (non-hydrogen) atoms. The molecule has 0 aromatic heterocycles. The molecule has 0 heterocycles. The number of allylic oxidation sites excluding steroid dienone is 2. The molecular formula is C10H14O. The van der Waals surface area contributed by atoms with Crippen LogP contribution in [0.5, 0.6) is 0 Å². The van der Waals surface area contributed by atoms with Crippen molar-refractivity contribution in [2.24, 2.45) is 5.92 Å². The van der Waals surface area contributed by atoms with Crippen molar-refractivity contribution < 1.29 is 4.79 Å². The normalized spacial score (nSPS) is 30.4. The second-order valence-corrected chi connectivity index (χ2v) is 3.70. The first-order chi connectivity index (χ1) is 5.40. The summed E-state index contributed by atoms with van der Waals surface area (Å²) in [5.74, 6) is 0.354. The maximum atomic E-state index is 10.5. The van der Waals surface area contributed by atoms with E-state index in [4.69, 9.17) is 0 Å². The lowest BCUT2D eigenvalue weighted by molar-refractivity contribution is -0.111. The van der Waals surface area contributed by atoms with Gasteiger partial charge in [-0.3, -0.25) is 0 Å². The molecule has 0 aliphatic heterocycles. The second-order valence-electron chi connectivity index (χ2n) is 3.70. The molecule has 2 aliphatic carbocycles. The highest BCUT2D eigenvalue weighted by Gasteiger charge is 2.23. The Kier molecular flexibility index (Phi) is 1.80. The van der Waals surface area contributed by atoms with Crippen LogP contribution in [0, 0.1) is 5.92 Å². The van der Waals surface area contributed by atoms with Gasteiger partial charge in [-0.05, 0) is 38.5 Å². The SMILES string of the molecule is O=CC1CCC2=C(CCC2)C1. The standard InChI is InChI=1S/C10H14O/c11-7-8-4-5-9-2-1-3-10(9)6-8/h7-8H,1-6H2. The average Bonchev–Trinajstić information content (AvgIpc) is 2.50. The third-order valence-corrected chi connectivity index (χ3v) is 2.98. The molecule has 0 N–H and O–H groups in total. The molecule has 0 saturated carbocycles. The molecule has 0 bridgehead atoms. The predicted octanol–water partition coefficient (Wildman–Crippen LogP) is 2.47. The van der Waals surface area contributed by atoms with Gasteiger partial charge in [0, 0.05) is 5.92 Å². The van der Waals surface area contributed by atoms with Crippen LogP contribution in [0.15, 0.2) is 11.1 Å². The van der Waals surface area contributed by atoms with Crippen molar-refractivity contribution in [2.75, 3.05) is 0 Å². The van der Waals surface area contributed by atoms with Gasteiger partial charge >= 0.3 is 0 Å². The zero-order chi connectivity index (χ0) is 7.68. The maximum Gasteiger partial charge on any atom is 0.123 e. The van der Waals surface area contributed by atoms with Crippen molar-refractivity contribution in [1.82, 2.24) is 0 Å². The lowest BCUT2D eigenvalue weighted by atomic mass is 9.86. The van der Waals surface area contributed by atoms with E-state index < -0.39 is 0 Å². The zero-order valence-electron chi connectivity index (χ0n) is 6.81. The molecule has 0 amide bonds. The monoisotopic (exact) mass is 150 g/mol. The van der Waals surface area contributed by atoms with E-state index in [1.165, 1.54) is 25.7 Å². The molecule has 0 fully saturated rings. The van der Waals surface area contributed by atoms with Crippen molar-refractivity contribution >= 4 is 6.29 Å². The van der Waals surface area contributed by atoms with E-state index in [0.29, 0.717) is 5.92 Å². The Morgan fingerprint density at radius 3 is 2.82 bits per heavy atom. The third kappa shape index (κ3) is 1.24. The quantitative estimate of drug-likeness (QED) is 0.414. The van der Waals surface area contributed by atoms with Crippen LogP contribution in [0.1, 0.15) is 38.5 Å². The Morgan fingerprint density at radius 2 is 2.00 bits per heavy atom. The van der Waals surface area contributed by atoms with E-state index in [9.17, 15) is 4.79 Å². The topological polar surface area (TPSA) is 17.1 Å². The summed E-state index contributed by atoms with van der Waals surface area (Å²) in [6, 6.07) is 0. The van der Waals surface area contributed by atoms with E-state index in [2.05, 4.69) is 0 Å². The zero-order valence-corrected chi connectivity index (χ0v) is 6.81. The highest BCUT2D eigenvalue weighted by molar-refractivity contribution is 5.55. The second kappa shape index (κ2) is 2.80. The van der Waals surface area contributed by atoms with Gasteiger partial charge in [-0.1, -0.05) is 11.1 Å². The fourth-order valence-electron chi connectivity index (χ4n) is 2.31. The number of hydrogen-bond donors (Lipinski definition) is 0. The summed E-state index contributed by atoms with van der Waals surface area (Å²) >= 11 is 0. The number of aldehydes is 1. The number of hydrogen-bond acceptors (Lipinski definition) is 1. The summed E-state index contributed by atoms with van der Waals surface area (Å²) in [5, 5.41) is 0. The summed E-state index contributed by atoms with van der Waals surface area (Å²) in [7, 11) is 0. The van der Waals surface area contributed by atoms with E-state index >= 15 is 0 Å². The van der Waals surface area contributed by atoms with E-state index in [-0.39, 0.29) is 0 Å². The van der Waals surface area contributed by atoms with Crippen molar-refractivity contribution in [2.45, 2.75) is 38.5 Å². The first-order valence-corrected chi connectivity index (χ1v) is 4.55. The lowest BCUT2D eigenvalue weighted by Crippen LogP contribution is -2.08. The molecule has 2 aliphatic rings. The Hall–Kier alpha value is -0.590. The molecule has 0 radical (unpaired) electrons. The van der Waals surface area contributed by atoms with E-state index in [0.717, 1.165) is 19.1 Å². The molecule has 0 saturated heterocycles. The first kappa shape index (κ1) is 7.08. The van der Waals surface area contributed by atoms with Gasteiger partial charge in [-0.25, -0.2) is 0 Å². The van der Waals surface area contributed by atoms with Gasteiger partial charge in [0.1, 0.15) is 6.29 Å². The van der Waals surface area contributed by atoms with Gasteiger partial charge in [-0.2, -0.15) is 0 Å². The van der Waals surface area contributed by atoms with Gasteiger partial charge in [0.25, 0.3) is 0 Å². The van der Waals surface area contributed by atoms with E-state index in [1.54, 1.807) is 11.1 Å². The fraction of sp³-hybridized carbons (Fsp3) is 0.700. The van der Waals surface area contributed by atoms with Crippen LogP contribution in [-0.4, -0.2) is 6.29 Å². The Balaban J connectivity index is 2.10. The smallest absolute Gasteiger partial charge is 0.123 e. The first-order valence-electron chi connectivity index (χ1n) is 4.55. The van der Waals surface area contributed by atoms with Crippen LogP contribution in [0.25, 0.3) is 0 Å². The minimum Gasteiger partial charge on any atom is -0.303 e. The molecule has 60 valence electrons. The molecule has 1 unspecified atom stereocenters. The largest absolute Gasteiger partial charge is 0.303 e. The van der Waals surface area contributed by atoms with Crippen LogP contribution >= 0.6 is 0 Å². The molecule has 0 aromatic carbocycles. The molecule has 1 heteroatoms. The van der Waals surface area contributed by atoms with Crippen molar-refractivity contribution in [3.63, 3.8) is 0 Å². The number of carbonyl (C=O) groups is 1. The lowest BCUT2D eigenvalue weighted by Gasteiger charge is -2.18. The highest BCUT2D eigenvalue weighted by Crippen LogP contribution is 2.38. The van der Waals surface area contributed by atoms with E-state index in [1.807, 2.05) is 0 Å². The molecule has 2 rings (SSSR count). The van der Waals surface area contributed by atoms with Crippen molar-refractivity contribution in [3.8, 4) is 0 Å². The predicted molar refractivity (Wildman–Crippen MR) is 44.3 cm³/mol. The Morgan fingerprint density at radius 1 is 1.18 bits per heavy atom. The third-order valence-electron chi connectivity index (χ3n) is 2.98. The summed E-state index contributed by atoms with van der Waals surface area (Å²) < 4.78 is 0. The van der Waals surface area contributed by atoms with Crippen molar-refractivity contribution in [3.05, 3.63) is 11.1 Å². The van der Waals surface area contributed by atoms with Crippen LogP contribution < -0.4 is 0 Å². The molecule has 0 aromatic rings. The average molecular weight is 150 g/mol. The fourth-order valence-corrected chi connectivity index (χ4v) is 2.31. The summed E-state index contributed by atoms with van der Waals surface area (Å²) in [6.07, 6.45) is 8.48. The Labute approximate surface area is 67.5 Å². The van der Waals surface area contributed by atoms with Crippen molar-refractivity contribution in [1.29, 1.82) is 0 Å². The van der Waals surface area contributed by atoms with Gasteiger partial charge in [0.05, 0.1) is 0 Å². The van der Waals surface area contributed by atoms with Crippen LogP contribution in [0.3, 0.4) is 0 Å².